The zero-order chi connectivity index (χ0) is 13.8. The minimum Gasteiger partial charge on any atom is -0.378 e. The van der Waals surface area contributed by atoms with Crippen LogP contribution in [-0.2, 0) is 6.42 Å². The van der Waals surface area contributed by atoms with Gasteiger partial charge in [0.1, 0.15) is 5.82 Å². The third-order valence-corrected chi connectivity index (χ3v) is 3.21. The molecule has 0 fully saturated rings. The predicted molar refractivity (Wildman–Crippen MR) is 77.8 cm³/mol. The molecule has 2 N–H and O–H groups in total. The second-order valence-electron chi connectivity index (χ2n) is 4.89. The van der Waals surface area contributed by atoms with Crippen LogP contribution in [0.5, 0.6) is 0 Å². The fourth-order valence-corrected chi connectivity index (χ4v) is 2.05. The highest BCUT2D eigenvalue weighted by Gasteiger charge is 2.10. The molecule has 1 unspecified atom stereocenters. The average molecular weight is 258 g/mol. The molecule has 2 rings (SSSR count). The van der Waals surface area contributed by atoms with E-state index in [1.807, 2.05) is 49.3 Å². The summed E-state index contributed by atoms with van der Waals surface area (Å²) in [5.74, 6) is -0.193. The standard InChI is InChI=1S/C16H19FN2/c1-19(2)14-8-5-7-13(10-14)16(18)11-12-6-3-4-9-15(12)17/h3-10,16H,11,18H2,1-2H3. The first-order valence-corrected chi connectivity index (χ1v) is 6.34. The van der Waals surface area contributed by atoms with Gasteiger partial charge in [0, 0.05) is 25.8 Å². The van der Waals surface area contributed by atoms with Crippen molar-refractivity contribution in [3.05, 3.63) is 65.5 Å². The van der Waals surface area contributed by atoms with Crippen LogP contribution in [0.15, 0.2) is 48.5 Å². The van der Waals surface area contributed by atoms with Gasteiger partial charge in [0.15, 0.2) is 0 Å². The van der Waals surface area contributed by atoms with Crippen LogP contribution in [0.1, 0.15) is 17.2 Å². The molecule has 2 aromatic carbocycles. The minimum atomic E-state index is -0.197. The zero-order valence-electron chi connectivity index (χ0n) is 11.3. The molecule has 3 heteroatoms. The minimum absolute atomic E-state index is 0.193. The van der Waals surface area contributed by atoms with Crippen molar-refractivity contribution < 1.29 is 4.39 Å². The summed E-state index contributed by atoms with van der Waals surface area (Å²) < 4.78 is 13.6. The molecule has 0 heterocycles. The molecule has 0 amide bonds. The van der Waals surface area contributed by atoms with E-state index >= 15 is 0 Å². The van der Waals surface area contributed by atoms with E-state index in [2.05, 4.69) is 0 Å². The Morgan fingerprint density at radius 3 is 2.53 bits per heavy atom. The summed E-state index contributed by atoms with van der Waals surface area (Å²) in [5.41, 5.74) is 8.96. The van der Waals surface area contributed by atoms with Gasteiger partial charge in [-0.2, -0.15) is 0 Å². The summed E-state index contributed by atoms with van der Waals surface area (Å²) in [7, 11) is 3.98. The van der Waals surface area contributed by atoms with Crippen molar-refractivity contribution in [3.8, 4) is 0 Å². The van der Waals surface area contributed by atoms with Crippen molar-refractivity contribution in [2.75, 3.05) is 19.0 Å². The van der Waals surface area contributed by atoms with Crippen molar-refractivity contribution >= 4 is 5.69 Å². The smallest absolute Gasteiger partial charge is 0.126 e. The lowest BCUT2D eigenvalue weighted by atomic mass is 9.99. The largest absolute Gasteiger partial charge is 0.378 e. The maximum Gasteiger partial charge on any atom is 0.126 e. The topological polar surface area (TPSA) is 29.3 Å². The molecule has 0 saturated carbocycles. The predicted octanol–water partition coefficient (Wildman–Crippen LogP) is 3.13. The Morgan fingerprint density at radius 2 is 1.84 bits per heavy atom. The normalized spacial score (nSPS) is 12.2. The molecule has 0 aliphatic rings. The van der Waals surface area contributed by atoms with Crippen LogP contribution in [0, 0.1) is 5.82 Å². The highest BCUT2D eigenvalue weighted by atomic mass is 19.1. The lowest BCUT2D eigenvalue weighted by molar-refractivity contribution is 0.593. The Morgan fingerprint density at radius 1 is 1.11 bits per heavy atom. The average Bonchev–Trinajstić information content (AvgIpc) is 2.41. The molecule has 100 valence electrons. The summed E-state index contributed by atoms with van der Waals surface area (Å²) in [6.07, 6.45) is 0.504. The molecule has 1 atom stereocenters. The molecular formula is C16H19FN2. The molecule has 0 radical (unpaired) electrons. The van der Waals surface area contributed by atoms with Gasteiger partial charge in [-0.15, -0.1) is 0 Å². The fourth-order valence-electron chi connectivity index (χ4n) is 2.05. The van der Waals surface area contributed by atoms with E-state index < -0.39 is 0 Å². The van der Waals surface area contributed by atoms with E-state index in [1.165, 1.54) is 6.07 Å². The van der Waals surface area contributed by atoms with Crippen LogP contribution in [0.3, 0.4) is 0 Å². The van der Waals surface area contributed by atoms with Crippen LogP contribution in [0.2, 0.25) is 0 Å². The van der Waals surface area contributed by atoms with E-state index in [0.717, 1.165) is 11.3 Å². The lowest BCUT2D eigenvalue weighted by Crippen LogP contribution is -2.15. The number of benzene rings is 2. The highest BCUT2D eigenvalue weighted by molar-refractivity contribution is 5.48. The van der Waals surface area contributed by atoms with E-state index in [1.54, 1.807) is 12.1 Å². The van der Waals surface area contributed by atoms with Gasteiger partial charge in [-0.3, -0.25) is 0 Å². The summed E-state index contributed by atoms with van der Waals surface area (Å²) in [4.78, 5) is 2.03. The number of hydrogen-bond donors (Lipinski definition) is 1. The number of nitrogens with two attached hydrogens (primary N) is 1. The van der Waals surface area contributed by atoms with Crippen LogP contribution in [0.4, 0.5) is 10.1 Å². The number of nitrogens with zero attached hydrogens (tertiary/aromatic N) is 1. The molecule has 2 nitrogen and oxygen atoms in total. The number of anilines is 1. The Balaban J connectivity index is 2.18. The molecule has 0 spiro atoms. The SMILES string of the molecule is CN(C)c1cccc(C(N)Cc2ccccc2F)c1. The van der Waals surface area contributed by atoms with E-state index in [9.17, 15) is 4.39 Å². The molecular weight excluding hydrogens is 239 g/mol. The molecule has 0 saturated heterocycles. The van der Waals surface area contributed by atoms with Crippen molar-refractivity contribution in [2.45, 2.75) is 12.5 Å². The Labute approximate surface area is 113 Å². The van der Waals surface area contributed by atoms with Crippen LogP contribution >= 0.6 is 0 Å². The molecule has 2 aromatic rings. The fraction of sp³-hybridized carbons (Fsp3) is 0.250. The molecule has 0 aromatic heterocycles. The van der Waals surface area contributed by atoms with Gasteiger partial charge >= 0.3 is 0 Å². The molecule has 0 bridgehead atoms. The van der Waals surface area contributed by atoms with E-state index in [0.29, 0.717) is 12.0 Å². The molecule has 0 aliphatic carbocycles. The summed E-state index contributed by atoms with van der Waals surface area (Å²) in [5, 5.41) is 0. The van der Waals surface area contributed by atoms with Crippen LogP contribution < -0.4 is 10.6 Å². The summed E-state index contributed by atoms with van der Waals surface area (Å²) in [6, 6.07) is 14.6. The van der Waals surface area contributed by atoms with Gasteiger partial charge < -0.3 is 10.6 Å². The zero-order valence-corrected chi connectivity index (χ0v) is 11.3. The molecule has 19 heavy (non-hydrogen) atoms. The Kier molecular flexibility index (Phi) is 4.17. The van der Waals surface area contributed by atoms with Crippen LogP contribution in [0.25, 0.3) is 0 Å². The first kappa shape index (κ1) is 13.6. The van der Waals surface area contributed by atoms with Gasteiger partial charge in [-0.25, -0.2) is 4.39 Å². The summed E-state index contributed by atoms with van der Waals surface area (Å²) in [6.45, 7) is 0. The second-order valence-corrected chi connectivity index (χ2v) is 4.89. The van der Waals surface area contributed by atoms with Crippen molar-refractivity contribution in [1.82, 2.24) is 0 Å². The maximum atomic E-state index is 13.6. The number of hydrogen-bond acceptors (Lipinski definition) is 2. The molecule has 0 aliphatic heterocycles. The Bertz CT molecular complexity index is 552. The highest BCUT2D eigenvalue weighted by Crippen LogP contribution is 2.21. The first-order valence-electron chi connectivity index (χ1n) is 6.34. The first-order chi connectivity index (χ1) is 9.08. The monoisotopic (exact) mass is 258 g/mol. The number of halogens is 1. The van der Waals surface area contributed by atoms with E-state index in [-0.39, 0.29) is 11.9 Å². The van der Waals surface area contributed by atoms with Crippen molar-refractivity contribution in [1.29, 1.82) is 0 Å². The third kappa shape index (κ3) is 3.32. The quantitative estimate of drug-likeness (QED) is 0.913. The number of rotatable bonds is 4. The maximum absolute atomic E-state index is 13.6. The second kappa shape index (κ2) is 5.85. The van der Waals surface area contributed by atoms with Crippen molar-refractivity contribution in [2.24, 2.45) is 5.73 Å². The lowest BCUT2D eigenvalue weighted by Gasteiger charge is -2.17. The van der Waals surface area contributed by atoms with E-state index in [4.69, 9.17) is 5.73 Å². The summed E-state index contributed by atoms with van der Waals surface area (Å²) >= 11 is 0. The third-order valence-electron chi connectivity index (χ3n) is 3.21. The van der Waals surface area contributed by atoms with Gasteiger partial charge in [-0.05, 0) is 35.7 Å². The van der Waals surface area contributed by atoms with Gasteiger partial charge in [-0.1, -0.05) is 30.3 Å². The van der Waals surface area contributed by atoms with Crippen molar-refractivity contribution in [3.63, 3.8) is 0 Å². The van der Waals surface area contributed by atoms with Gasteiger partial charge in [0.2, 0.25) is 0 Å². The Hall–Kier alpha value is -1.87. The van der Waals surface area contributed by atoms with Gasteiger partial charge in [0.05, 0.1) is 0 Å². The van der Waals surface area contributed by atoms with Gasteiger partial charge in [0.25, 0.3) is 0 Å². The van der Waals surface area contributed by atoms with Crippen LogP contribution in [-0.4, -0.2) is 14.1 Å².